The fourth-order valence-corrected chi connectivity index (χ4v) is 4.98. The van der Waals surface area contributed by atoms with Crippen molar-refractivity contribution in [2.75, 3.05) is 14.2 Å². The molecule has 2 unspecified atom stereocenters. The van der Waals surface area contributed by atoms with Gasteiger partial charge in [0.15, 0.2) is 11.5 Å². The minimum atomic E-state index is -0.880. The number of rotatable bonds is 8. The number of hydrogen-bond donors (Lipinski definition) is 1. The third-order valence-corrected chi connectivity index (χ3v) is 6.96. The van der Waals surface area contributed by atoms with Crippen LogP contribution in [0.2, 0.25) is 0 Å². The molecule has 2 heterocycles. The average Bonchev–Trinajstić information content (AvgIpc) is 3.45. The van der Waals surface area contributed by atoms with Gasteiger partial charge in [-0.3, -0.25) is 4.79 Å². The quantitative estimate of drug-likeness (QED) is 0.545. The van der Waals surface area contributed by atoms with E-state index in [-0.39, 0.29) is 6.29 Å². The van der Waals surface area contributed by atoms with Crippen molar-refractivity contribution in [2.24, 2.45) is 5.92 Å². The van der Waals surface area contributed by atoms with Gasteiger partial charge in [0.2, 0.25) is 6.29 Å². The average molecular weight is 446 g/mol. The van der Waals surface area contributed by atoms with E-state index in [1.54, 1.807) is 14.2 Å². The first-order valence-corrected chi connectivity index (χ1v) is 10.9. The van der Waals surface area contributed by atoms with E-state index in [2.05, 4.69) is 0 Å². The van der Waals surface area contributed by atoms with Crippen molar-refractivity contribution >= 4 is 5.97 Å². The molecule has 0 aliphatic carbocycles. The summed E-state index contributed by atoms with van der Waals surface area (Å²) in [7, 11) is 3.22. The topological polar surface area (TPSA) is 74.2 Å². The molecule has 5 rings (SSSR count). The Morgan fingerprint density at radius 3 is 1.97 bits per heavy atom. The molecule has 0 fully saturated rings. The Kier molecular flexibility index (Phi) is 5.16. The first-order chi connectivity index (χ1) is 15.9. The van der Waals surface area contributed by atoms with Crippen LogP contribution in [-0.2, 0) is 23.1 Å². The summed E-state index contributed by atoms with van der Waals surface area (Å²) in [6.45, 7) is 1.98. The largest absolute Gasteiger partial charge is 0.497 e. The maximum Gasteiger partial charge on any atom is 0.308 e. The minimum Gasteiger partial charge on any atom is -0.497 e. The Hall–Kier alpha value is -3.67. The van der Waals surface area contributed by atoms with Crippen LogP contribution in [0.1, 0.15) is 29.2 Å². The summed E-state index contributed by atoms with van der Waals surface area (Å²) in [5, 5.41) is 10.5. The number of benzene rings is 3. The van der Waals surface area contributed by atoms with E-state index in [0.29, 0.717) is 12.2 Å². The van der Waals surface area contributed by atoms with E-state index in [1.165, 1.54) is 0 Å². The molecule has 0 saturated heterocycles. The summed E-state index contributed by atoms with van der Waals surface area (Å²) < 4.78 is 22.4. The van der Waals surface area contributed by atoms with Crippen LogP contribution < -0.4 is 18.9 Å². The van der Waals surface area contributed by atoms with Crippen molar-refractivity contribution in [3.8, 4) is 23.0 Å². The third kappa shape index (κ3) is 3.46. The summed E-state index contributed by atoms with van der Waals surface area (Å²) in [5.74, 6) is 1.23. The predicted molar refractivity (Wildman–Crippen MR) is 122 cm³/mol. The van der Waals surface area contributed by atoms with Gasteiger partial charge in [-0.05, 0) is 47.4 Å². The van der Waals surface area contributed by atoms with Gasteiger partial charge in [0.1, 0.15) is 11.5 Å². The zero-order chi connectivity index (χ0) is 23.2. The van der Waals surface area contributed by atoms with E-state index >= 15 is 0 Å². The first kappa shape index (κ1) is 21.2. The number of carboxylic acid groups (broad SMARTS) is 1. The standard InChI is InChI=1S/C27H26O6/c1-27(18-6-10-20(30-2)11-7-18,19-8-12-21(31-3)13-9-19)22(26(28)29)14-16-4-5-17-15-23-32-24(16)25(17)33-23/h4-13,22-23H,14-15H2,1-3H3,(H,28,29). The number of fused-ring (bicyclic) bond motifs is 1. The van der Waals surface area contributed by atoms with Crippen LogP contribution in [-0.4, -0.2) is 31.6 Å². The molecule has 0 saturated carbocycles. The number of methoxy groups -OCH3 is 2. The van der Waals surface area contributed by atoms with E-state index in [9.17, 15) is 9.90 Å². The molecule has 0 radical (unpaired) electrons. The normalized spacial score (nSPS) is 16.6. The smallest absolute Gasteiger partial charge is 0.308 e. The van der Waals surface area contributed by atoms with Gasteiger partial charge in [0.05, 0.1) is 26.6 Å². The molecule has 2 atom stereocenters. The van der Waals surface area contributed by atoms with Gasteiger partial charge in [0.25, 0.3) is 0 Å². The minimum absolute atomic E-state index is 0.289. The molecular formula is C27H26O6. The fourth-order valence-electron chi connectivity index (χ4n) is 4.98. The molecule has 6 nitrogen and oxygen atoms in total. The number of ether oxygens (including phenoxy) is 4. The summed E-state index contributed by atoms with van der Waals surface area (Å²) in [6, 6.07) is 19.2. The van der Waals surface area contributed by atoms with E-state index in [4.69, 9.17) is 18.9 Å². The molecule has 0 amide bonds. The molecule has 33 heavy (non-hydrogen) atoms. The van der Waals surface area contributed by atoms with Crippen LogP contribution >= 0.6 is 0 Å². The van der Waals surface area contributed by atoms with Crippen LogP contribution in [0.25, 0.3) is 0 Å². The predicted octanol–water partition coefficient (Wildman–Crippen LogP) is 4.61. The van der Waals surface area contributed by atoms with Crippen molar-refractivity contribution in [1.29, 1.82) is 0 Å². The van der Waals surface area contributed by atoms with Gasteiger partial charge in [-0.1, -0.05) is 43.3 Å². The SMILES string of the molecule is COc1ccc(C(C)(c2ccc(OC)cc2)C(Cc2ccc3c4c2OC(C3)O4)C(=O)O)cc1. The van der Waals surface area contributed by atoms with Crippen molar-refractivity contribution in [3.63, 3.8) is 0 Å². The zero-order valence-corrected chi connectivity index (χ0v) is 18.8. The number of carboxylic acids is 1. The van der Waals surface area contributed by atoms with Crippen LogP contribution in [0.4, 0.5) is 0 Å². The lowest BCUT2D eigenvalue weighted by molar-refractivity contribution is -0.143. The van der Waals surface area contributed by atoms with Gasteiger partial charge in [-0.15, -0.1) is 0 Å². The fraction of sp³-hybridized carbons (Fsp3) is 0.296. The molecular weight excluding hydrogens is 420 g/mol. The van der Waals surface area contributed by atoms with E-state index in [0.717, 1.165) is 45.9 Å². The molecule has 2 bridgehead atoms. The van der Waals surface area contributed by atoms with Crippen molar-refractivity contribution in [1.82, 2.24) is 0 Å². The maximum absolute atomic E-state index is 12.8. The molecule has 170 valence electrons. The van der Waals surface area contributed by atoms with Gasteiger partial charge in [-0.2, -0.15) is 0 Å². The number of aliphatic carboxylic acids is 1. The Morgan fingerprint density at radius 2 is 1.48 bits per heavy atom. The highest BCUT2D eigenvalue weighted by Gasteiger charge is 2.44. The molecule has 3 aromatic carbocycles. The summed E-state index contributed by atoms with van der Waals surface area (Å²) in [4.78, 5) is 12.8. The lowest BCUT2D eigenvalue weighted by atomic mass is 9.65. The molecule has 1 N–H and O–H groups in total. The Morgan fingerprint density at radius 1 is 0.939 bits per heavy atom. The van der Waals surface area contributed by atoms with Crippen molar-refractivity contribution in [3.05, 3.63) is 82.9 Å². The molecule has 0 aromatic heterocycles. The van der Waals surface area contributed by atoms with Crippen LogP contribution in [0, 0.1) is 5.92 Å². The maximum atomic E-state index is 12.8. The highest BCUT2D eigenvalue weighted by atomic mass is 16.7. The second kappa shape index (κ2) is 8.03. The Bertz CT molecular complexity index is 1130. The molecule has 2 aliphatic heterocycles. The summed E-state index contributed by atoms with van der Waals surface area (Å²) in [5.41, 5.74) is 2.90. The highest BCUT2D eigenvalue weighted by Crippen LogP contribution is 2.49. The van der Waals surface area contributed by atoms with Crippen LogP contribution in [0.3, 0.4) is 0 Å². The number of carbonyl (C=O) groups is 1. The van der Waals surface area contributed by atoms with Gasteiger partial charge in [-0.25, -0.2) is 0 Å². The molecule has 0 spiro atoms. The third-order valence-electron chi connectivity index (χ3n) is 6.96. The van der Waals surface area contributed by atoms with Crippen molar-refractivity contribution < 1.29 is 28.8 Å². The monoisotopic (exact) mass is 446 g/mol. The van der Waals surface area contributed by atoms with E-state index in [1.807, 2.05) is 67.6 Å². The highest BCUT2D eigenvalue weighted by molar-refractivity contribution is 5.75. The molecule has 2 aliphatic rings. The van der Waals surface area contributed by atoms with Crippen LogP contribution in [0.15, 0.2) is 60.7 Å². The zero-order valence-electron chi connectivity index (χ0n) is 18.8. The van der Waals surface area contributed by atoms with Gasteiger partial charge >= 0.3 is 5.97 Å². The Balaban J connectivity index is 1.61. The molecule has 3 aromatic rings. The number of hydrogen-bond acceptors (Lipinski definition) is 5. The first-order valence-electron chi connectivity index (χ1n) is 10.9. The lowest BCUT2D eigenvalue weighted by Gasteiger charge is -2.37. The Labute approximate surface area is 192 Å². The second-order valence-corrected chi connectivity index (χ2v) is 8.67. The second-order valence-electron chi connectivity index (χ2n) is 8.67. The van der Waals surface area contributed by atoms with Crippen molar-refractivity contribution in [2.45, 2.75) is 31.5 Å². The molecule has 6 heteroatoms. The van der Waals surface area contributed by atoms with Gasteiger partial charge < -0.3 is 24.1 Å². The van der Waals surface area contributed by atoms with E-state index < -0.39 is 17.3 Å². The van der Waals surface area contributed by atoms with Gasteiger partial charge in [0, 0.05) is 11.0 Å². The lowest BCUT2D eigenvalue weighted by Crippen LogP contribution is -2.40. The summed E-state index contributed by atoms with van der Waals surface area (Å²) >= 11 is 0. The summed E-state index contributed by atoms with van der Waals surface area (Å²) in [6.07, 6.45) is 0.742. The van der Waals surface area contributed by atoms with Crippen LogP contribution in [0.5, 0.6) is 23.0 Å².